The highest BCUT2D eigenvalue weighted by atomic mass is 16.5. The van der Waals surface area contributed by atoms with E-state index in [-0.39, 0.29) is 29.7 Å². The fraction of sp³-hybridized carbons (Fsp3) is 0.591. The monoisotopic (exact) mass is 412 g/mol. The molecule has 8 nitrogen and oxygen atoms in total. The van der Waals surface area contributed by atoms with Gasteiger partial charge in [0.25, 0.3) is 5.91 Å². The topological polar surface area (TPSA) is 99.8 Å². The van der Waals surface area contributed by atoms with Crippen molar-refractivity contribution < 1.29 is 19.1 Å². The van der Waals surface area contributed by atoms with Gasteiger partial charge >= 0.3 is 0 Å². The van der Waals surface area contributed by atoms with Gasteiger partial charge in [0.1, 0.15) is 6.04 Å². The number of carbonyl (C=O) groups is 3. The van der Waals surface area contributed by atoms with Gasteiger partial charge in [-0.2, -0.15) is 0 Å². The first-order valence-corrected chi connectivity index (χ1v) is 10.9. The zero-order valence-electron chi connectivity index (χ0n) is 17.0. The third-order valence-electron chi connectivity index (χ3n) is 6.91. The van der Waals surface area contributed by atoms with E-state index in [0.29, 0.717) is 24.6 Å². The summed E-state index contributed by atoms with van der Waals surface area (Å²) >= 11 is 0. The molecule has 3 fully saturated rings. The molecule has 4 aliphatic rings. The summed E-state index contributed by atoms with van der Waals surface area (Å²) in [6, 6.07) is 5.68. The van der Waals surface area contributed by atoms with Gasteiger partial charge in [-0.3, -0.25) is 19.7 Å². The Labute approximate surface area is 175 Å². The second kappa shape index (κ2) is 7.76. The van der Waals surface area contributed by atoms with Crippen molar-refractivity contribution in [1.82, 2.24) is 20.9 Å². The highest BCUT2D eigenvalue weighted by molar-refractivity contribution is 6.05. The molecule has 0 aromatic heterocycles. The maximum atomic E-state index is 12.8. The van der Waals surface area contributed by atoms with E-state index >= 15 is 0 Å². The van der Waals surface area contributed by atoms with Crippen molar-refractivity contribution in [2.75, 3.05) is 19.7 Å². The lowest BCUT2D eigenvalue weighted by atomic mass is 9.88. The van der Waals surface area contributed by atoms with Crippen molar-refractivity contribution >= 4 is 17.7 Å². The van der Waals surface area contributed by atoms with Crippen molar-refractivity contribution in [2.24, 2.45) is 0 Å². The Kier molecular flexibility index (Phi) is 5.08. The number of hydrogen-bond acceptors (Lipinski definition) is 6. The Bertz CT molecular complexity index is 880. The summed E-state index contributed by atoms with van der Waals surface area (Å²) in [4.78, 5) is 38.0. The number of piperidine rings is 2. The van der Waals surface area contributed by atoms with Gasteiger partial charge in [-0.25, -0.2) is 0 Å². The predicted molar refractivity (Wildman–Crippen MR) is 109 cm³/mol. The van der Waals surface area contributed by atoms with Gasteiger partial charge in [-0.15, -0.1) is 0 Å². The Morgan fingerprint density at radius 2 is 2.03 bits per heavy atom. The summed E-state index contributed by atoms with van der Waals surface area (Å²) in [7, 11) is 0. The number of hydrogen-bond donors (Lipinski definition) is 3. The lowest BCUT2D eigenvalue weighted by Gasteiger charge is -2.32. The van der Waals surface area contributed by atoms with Crippen LogP contribution >= 0.6 is 0 Å². The lowest BCUT2D eigenvalue weighted by Crippen LogP contribution is -2.52. The quantitative estimate of drug-likeness (QED) is 0.621. The molecule has 4 aliphatic heterocycles. The number of nitrogens with zero attached hydrogens (tertiary/aromatic N) is 1. The fourth-order valence-corrected chi connectivity index (χ4v) is 5.21. The summed E-state index contributed by atoms with van der Waals surface area (Å²) < 4.78 is 6.15. The van der Waals surface area contributed by atoms with Crippen molar-refractivity contribution in [3.8, 4) is 0 Å². The fourth-order valence-electron chi connectivity index (χ4n) is 5.21. The minimum absolute atomic E-state index is 0.0374. The summed E-state index contributed by atoms with van der Waals surface area (Å²) in [5.74, 6) is -0.769. The first-order chi connectivity index (χ1) is 14.5. The molecule has 0 bridgehead atoms. The minimum atomic E-state index is -0.569. The molecule has 3 amide bonds. The minimum Gasteiger partial charge on any atom is -0.373 e. The smallest absolute Gasteiger partial charge is 0.255 e. The molecule has 0 aliphatic carbocycles. The zero-order chi connectivity index (χ0) is 20.7. The molecule has 1 aromatic carbocycles. The highest BCUT2D eigenvalue weighted by Gasteiger charge is 2.41. The van der Waals surface area contributed by atoms with Crippen LogP contribution in [0.2, 0.25) is 0 Å². The Balaban J connectivity index is 1.21. The van der Waals surface area contributed by atoms with Crippen LogP contribution in [0.5, 0.6) is 0 Å². The molecule has 0 saturated carbocycles. The summed E-state index contributed by atoms with van der Waals surface area (Å²) in [6.45, 7) is 3.93. The van der Waals surface area contributed by atoms with Crippen molar-refractivity contribution in [1.29, 1.82) is 0 Å². The lowest BCUT2D eigenvalue weighted by molar-refractivity contribution is -0.136. The van der Waals surface area contributed by atoms with E-state index in [9.17, 15) is 14.4 Å². The molecular weight excluding hydrogens is 384 g/mol. The SMILES string of the molecule is O=C1CCC(N2Cc3cc(CNC4COC5(CCNCC5)C4)ccc3C2=O)C(=O)N1. The van der Waals surface area contributed by atoms with Crippen LogP contribution in [0.4, 0.5) is 0 Å². The summed E-state index contributed by atoms with van der Waals surface area (Å²) in [5, 5.41) is 9.35. The maximum absolute atomic E-state index is 12.8. The van der Waals surface area contributed by atoms with E-state index in [1.807, 2.05) is 12.1 Å². The number of ether oxygens (including phenoxy) is 1. The van der Waals surface area contributed by atoms with Gasteiger partial charge in [-0.05, 0) is 56.0 Å². The molecule has 30 heavy (non-hydrogen) atoms. The van der Waals surface area contributed by atoms with Crippen molar-refractivity contribution in [2.45, 2.75) is 62.9 Å². The van der Waals surface area contributed by atoms with Gasteiger partial charge in [0.2, 0.25) is 11.8 Å². The number of carbonyl (C=O) groups excluding carboxylic acids is 3. The predicted octanol–water partition coefficient (Wildman–Crippen LogP) is 0.448. The molecule has 5 rings (SSSR count). The van der Waals surface area contributed by atoms with Crippen LogP contribution in [0.3, 0.4) is 0 Å². The molecular formula is C22H28N4O4. The average molecular weight is 412 g/mol. The molecule has 0 radical (unpaired) electrons. The van der Waals surface area contributed by atoms with Crippen LogP contribution in [0.1, 0.15) is 53.6 Å². The van der Waals surface area contributed by atoms with Crippen LogP contribution in [0.15, 0.2) is 18.2 Å². The standard InChI is InChI=1S/C22H28N4O4/c27-19-4-3-18(20(28)25-19)26-12-15-9-14(1-2-17(15)21(26)29)11-24-16-10-22(30-13-16)5-7-23-8-6-22/h1-2,9,16,18,23-24H,3-8,10-13H2,(H,25,27,28). The molecule has 2 atom stereocenters. The molecule has 1 spiro atoms. The zero-order valence-corrected chi connectivity index (χ0v) is 17.0. The second-order valence-electron chi connectivity index (χ2n) is 8.92. The second-order valence-corrected chi connectivity index (χ2v) is 8.92. The molecule has 3 N–H and O–H groups in total. The normalized spacial score (nSPS) is 28.1. The number of fused-ring (bicyclic) bond motifs is 1. The van der Waals surface area contributed by atoms with Crippen LogP contribution < -0.4 is 16.0 Å². The summed E-state index contributed by atoms with van der Waals surface area (Å²) in [5.41, 5.74) is 2.76. The average Bonchev–Trinajstić information content (AvgIpc) is 3.28. The molecule has 1 aromatic rings. The third-order valence-corrected chi connectivity index (χ3v) is 6.91. The highest BCUT2D eigenvalue weighted by Crippen LogP contribution is 2.34. The van der Waals surface area contributed by atoms with E-state index in [4.69, 9.17) is 4.74 Å². The third kappa shape index (κ3) is 3.64. The van der Waals surface area contributed by atoms with Gasteiger partial charge in [0.05, 0.1) is 12.2 Å². The van der Waals surface area contributed by atoms with Crippen molar-refractivity contribution in [3.05, 3.63) is 34.9 Å². The van der Waals surface area contributed by atoms with E-state index in [2.05, 4.69) is 22.0 Å². The van der Waals surface area contributed by atoms with Gasteiger partial charge in [-0.1, -0.05) is 12.1 Å². The first-order valence-electron chi connectivity index (χ1n) is 10.9. The molecule has 2 unspecified atom stereocenters. The van der Waals surface area contributed by atoms with E-state index in [1.54, 1.807) is 4.90 Å². The van der Waals surface area contributed by atoms with Crippen LogP contribution in [-0.4, -0.2) is 60.0 Å². The van der Waals surface area contributed by atoms with Crippen LogP contribution in [0, 0.1) is 0 Å². The number of nitrogens with one attached hydrogen (secondary N) is 3. The first kappa shape index (κ1) is 19.7. The Hall–Kier alpha value is -2.29. The van der Waals surface area contributed by atoms with Gasteiger partial charge in [0.15, 0.2) is 0 Å². The molecule has 3 saturated heterocycles. The number of benzene rings is 1. The maximum Gasteiger partial charge on any atom is 0.255 e. The number of imide groups is 1. The molecule has 160 valence electrons. The number of amides is 3. The Morgan fingerprint density at radius 3 is 2.83 bits per heavy atom. The Morgan fingerprint density at radius 1 is 1.20 bits per heavy atom. The van der Waals surface area contributed by atoms with Gasteiger partial charge in [0, 0.05) is 31.1 Å². The van der Waals surface area contributed by atoms with Crippen LogP contribution in [0.25, 0.3) is 0 Å². The summed E-state index contributed by atoms with van der Waals surface area (Å²) in [6.07, 6.45) is 3.84. The van der Waals surface area contributed by atoms with E-state index in [0.717, 1.165) is 56.6 Å². The molecule has 8 heteroatoms. The van der Waals surface area contributed by atoms with E-state index < -0.39 is 6.04 Å². The van der Waals surface area contributed by atoms with E-state index in [1.165, 1.54) is 0 Å². The largest absolute Gasteiger partial charge is 0.373 e. The van der Waals surface area contributed by atoms with Crippen LogP contribution in [-0.2, 0) is 27.4 Å². The number of rotatable bonds is 4. The van der Waals surface area contributed by atoms with Crippen molar-refractivity contribution in [3.63, 3.8) is 0 Å². The van der Waals surface area contributed by atoms with Gasteiger partial charge < -0.3 is 20.3 Å². The molecule has 4 heterocycles.